The standard InChI is InChI=1S/C31H30N8O2/c1-19-13-14-32-31(36-19)41-23-11-12-24-21(16-23)17-33-29-27-26(24)28(39(4)30(27)35-18-34-29)20-7-9-22(10-8-20)37-25(40)6-5-15-38(2)3/h5-14,16,18H,15,17H2,1-4H3,(H,37,40)(H,33,34,35)/b6-5+. The molecular formula is C31H30N8O2. The minimum Gasteiger partial charge on any atom is -0.424 e. The van der Waals surface area contributed by atoms with E-state index < -0.39 is 0 Å². The van der Waals surface area contributed by atoms with Gasteiger partial charge in [0.05, 0.1) is 11.1 Å². The summed E-state index contributed by atoms with van der Waals surface area (Å²) in [5.74, 6) is 1.27. The molecule has 2 N–H and O–H groups in total. The lowest BCUT2D eigenvalue weighted by atomic mass is 9.95. The first-order valence-corrected chi connectivity index (χ1v) is 13.3. The zero-order valence-electron chi connectivity index (χ0n) is 23.3. The number of hydrogen-bond donors (Lipinski definition) is 2. The number of aryl methyl sites for hydroxylation is 2. The monoisotopic (exact) mass is 546 g/mol. The van der Waals surface area contributed by atoms with E-state index in [-0.39, 0.29) is 5.91 Å². The van der Waals surface area contributed by atoms with E-state index in [1.165, 1.54) is 0 Å². The van der Waals surface area contributed by atoms with E-state index in [1.54, 1.807) is 18.6 Å². The Labute approximate surface area is 237 Å². The number of fused-ring (bicyclic) bond motifs is 2. The second kappa shape index (κ2) is 10.8. The molecular weight excluding hydrogens is 516 g/mol. The molecule has 1 aliphatic rings. The van der Waals surface area contributed by atoms with Gasteiger partial charge in [-0.3, -0.25) is 4.79 Å². The minimum absolute atomic E-state index is 0.162. The predicted octanol–water partition coefficient (Wildman–Crippen LogP) is 5.17. The third-order valence-corrected chi connectivity index (χ3v) is 6.91. The number of amides is 1. The highest BCUT2D eigenvalue weighted by Gasteiger charge is 2.26. The van der Waals surface area contributed by atoms with E-state index in [2.05, 4.69) is 41.2 Å². The molecule has 0 aliphatic carbocycles. The van der Waals surface area contributed by atoms with Crippen molar-refractivity contribution in [3.63, 3.8) is 0 Å². The number of carbonyl (C=O) groups is 1. The van der Waals surface area contributed by atoms with Crippen molar-refractivity contribution >= 4 is 28.4 Å². The van der Waals surface area contributed by atoms with Crippen LogP contribution in [-0.2, 0) is 18.4 Å². The second-order valence-corrected chi connectivity index (χ2v) is 10.2. The molecule has 0 saturated heterocycles. The molecule has 6 rings (SSSR count). The van der Waals surface area contributed by atoms with Crippen LogP contribution in [-0.4, -0.2) is 56.0 Å². The molecule has 41 heavy (non-hydrogen) atoms. The first-order chi connectivity index (χ1) is 19.9. The highest BCUT2D eigenvalue weighted by Crippen LogP contribution is 2.46. The third-order valence-electron chi connectivity index (χ3n) is 6.91. The Bertz CT molecular complexity index is 1790. The quantitative estimate of drug-likeness (QED) is 0.269. The summed E-state index contributed by atoms with van der Waals surface area (Å²) in [6, 6.07) is 16.0. The molecule has 1 aliphatic heterocycles. The number of ether oxygens (including phenoxy) is 1. The summed E-state index contributed by atoms with van der Waals surface area (Å²) in [5.41, 5.74) is 7.55. The first kappa shape index (κ1) is 26.1. The predicted molar refractivity (Wildman–Crippen MR) is 160 cm³/mol. The minimum atomic E-state index is -0.162. The van der Waals surface area contributed by atoms with Crippen LogP contribution in [0.15, 0.2) is 73.2 Å². The highest BCUT2D eigenvalue weighted by atomic mass is 16.5. The van der Waals surface area contributed by atoms with Gasteiger partial charge in [-0.05, 0) is 68.0 Å². The molecule has 0 spiro atoms. The van der Waals surface area contributed by atoms with E-state index in [9.17, 15) is 4.79 Å². The number of aromatic nitrogens is 5. The summed E-state index contributed by atoms with van der Waals surface area (Å²) in [6.45, 7) is 3.17. The fraction of sp³-hybridized carbons (Fsp3) is 0.194. The van der Waals surface area contributed by atoms with Gasteiger partial charge in [-0.1, -0.05) is 24.3 Å². The molecule has 0 unspecified atom stereocenters. The van der Waals surface area contributed by atoms with E-state index in [0.29, 0.717) is 24.8 Å². The van der Waals surface area contributed by atoms with Crippen LogP contribution in [0.3, 0.4) is 0 Å². The summed E-state index contributed by atoms with van der Waals surface area (Å²) in [4.78, 5) is 32.1. The number of hydrogen-bond acceptors (Lipinski definition) is 8. The van der Waals surface area contributed by atoms with Gasteiger partial charge in [0.2, 0.25) is 5.91 Å². The number of benzene rings is 2. The van der Waals surface area contributed by atoms with Crippen molar-refractivity contribution in [1.82, 2.24) is 29.4 Å². The van der Waals surface area contributed by atoms with Crippen molar-refractivity contribution in [2.24, 2.45) is 7.05 Å². The Balaban J connectivity index is 1.38. The van der Waals surface area contributed by atoms with Gasteiger partial charge < -0.3 is 24.8 Å². The molecule has 0 bridgehead atoms. The number of likely N-dealkylation sites (N-methyl/N-ethyl adjacent to an activating group) is 1. The van der Waals surface area contributed by atoms with Gasteiger partial charge in [-0.15, -0.1) is 0 Å². The molecule has 10 heteroatoms. The summed E-state index contributed by atoms with van der Waals surface area (Å²) >= 11 is 0. The fourth-order valence-electron chi connectivity index (χ4n) is 5.04. The first-order valence-electron chi connectivity index (χ1n) is 13.3. The molecule has 0 fully saturated rings. The maximum Gasteiger partial charge on any atom is 0.322 e. The zero-order valence-corrected chi connectivity index (χ0v) is 23.3. The zero-order chi connectivity index (χ0) is 28.5. The van der Waals surface area contributed by atoms with Gasteiger partial charge in [-0.2, -0.15) is 0 Å². The number of nitrogens with one attached hydrogen (secondary N) is 2. The van der Waals surface area contributed by atoms with Crippen molar-refractivity contribution < 1.29 is 9.53 Å². The molecule has 5 aromatic rings. The number of anilines is 2. The normalized spacial score (nSPS) is 12.3. The number of rotatable bonds is 7. The Morgan fingerprint density at radius 3 is 2.73 bits per heavy atom. The molecule has 3 aromatic heterocycles. The maximum absolute atomic E-state index is 12.3. The van der Waals surface area contributed by atoms with Crippen LogP contribution in [0.25, 0.3) is 33.4 Å². The molecule has 0 atom stereocenters. The second-order valence-electron chi connectivity index (χ2n) is 10.2. The Morgan fingerprint density at radius 2 is 1.95 bits per heavy atom. The number of carbonyl (C=O) groups excluding carboxylic acids is 1. The van der Waals surface area contributed by atoms with Crippen molar-refractivity contribution in [3.05, 3.63) is 84.5 Å². The number of nitrogens with zero attached hydrogens (tertiary/aromatic N) is 6. The van der Waals surface area contributed by atoms with E-state index in [0.717, 1.165) is 56.2 Å². The van der Waals surface area contributed by atoms with Crippen molar-refractivity contribution in [3.8, 4) is 34.1 Å². The van der Waals surface area contributed by atoms with Crippen LogP contribution >= 0.6 is 0 Å². The summed E-state index contributed by atoms with van der Waals surface area (Å²) in [6.07, 6.45) is 6.66. The van der Waals surface area contributed by atoms with Crippen LogP contribution in [0, 0.1) is 6.92 Å². The van der Waals surface area contributed by atoms with E-state index in [4.69, 9.17) is 4.74 Å². The average Bonchev–Trinajstić information content (AvgIpc) is 3.14. The van der Waals surface area contributed by atoms with E-state index in [1.807, 2.05) is 81.5 Å². The van der Waals surface area contributed by atoms with Gasteiger partial charge in [0.15, 0.2) is 0 Å². The van der Waals surface area contributed by atoms with Gasteiger partial charge in [0.1, 0.15) is 23.5 Å². The van der Waals surface area contributed by atoms with Gasteiger partial charge in [0.25, 0.3) is 0 Å². The lowest BCUT2D eigenvalue weighted by Gasteiger charge is -2.14. The SMILES string of the molecule is Cc1ccnc(Oc2ccc3c(c2)CNc2ncnc4c2c-3c(-c2ccc(NC(=O)/C=C/CN(C)C)cc2)n4C)n1. The third kappa shape index (κ3) is 5.24. The highest BCUT2D eigenvalue weighted by molar-refractivity contribution is 6.09. The van der Waals surface area contributed by atoms with Crippen LogP contribution in [0.1, 0.15) is 11.3 Å². The van der Waals surface area contributed by atoms with Crippen LogP contribution in [0.2, 0.25) is 0 Å². The summed E-state index contributed by atoms with van der Waals surface area (Å²) < 4.78 is 8.08. The molecule has 0 radical (unpaired) electrons. The van der Waals surface area contributed by atoms with Gasteiger partial charge in [-0.25, -0.2) is 19.9 Å². The Morgan fingerprint density at radius 1 is 1.12 bits per heavy atom. The lowest BCUT2D eigenvalue weighted by molar-refractivity contribution is -0.111. The topological polar surface area (TPSA) is 110 Å². The van der Waals surface area contributed by atoms with Crippen molar-refractivity contribution in [2.75, 3.05) is 31.3 Å². The summed E-state index contributed by atoms with van der Waals surface area (Å²) in [7, 11) is 5.93. The van der Waals surface area contributed by atoms with Crippen LogP contribution in [0.5, 0.6) is 11.8 Å². The molecule has 4 heterocycles. The Hall–Kier alpha value is -5.09. The molecule has 0 saturated carbocycles. The van der Waals surface area contributed by atoms with Crippen molar-refractivity contribution in [1.29, 1.82) is 0 Å². The molecule has 10 nitrogen and oxygen atoms in total. The Kier molecular flexibility index (Phi) is 6.90. The largest absolute Gasteiger partial charge is 0.424 e. The van der Waals surface area contributed by atoms with Crippen molar-refractivity contribution in [2.45, 2.75) is 13.5 Å². The lowest BCUT2D eigenvalue weighted by Crippen LogP contribution is -2.12. The average molecular weight is 547 g/mol. The summed E-state index contributed by atoms with van der Waals surface area (Å²) in [5, 5.41) is 7.38. The molecule has 1 amide bonds. The smallest absolute Gasteiger partial charge is 0.322 e. The molecule has 206 valence electrons. The molecule has 2 aromatic carbocycles. The van der Waals surface area contributed by atoms with Gasteiger partial charge >= 0.3 is 6.01 Å². The maximum atomic E-state index is 12.3. The fourth-order valence-corrected chi connectivity index (χ4v) is 5.04. The van der Waals surface area contributed by atoms with Crippen LogP contribution in [0.4, 0.5) is 11.5 Å². The van der Waals surface area contributed by atoms with Crippen LogP contribution < -0.4 is 15.4 Å². The van der Waals surface area contributed by atoms with Gasteiger partial charge in [0, 0.05) is 49.4 Å². The van der Waals surface area contributed by atoms with E-state index >= 15 is 0 Å².